The van der Waals surface area contributed by atoms with Gasteiger partial charge < -0.3 is 10.4 Å². The largest absolute Gasteiger partial charge is 0.391 e. The summed E-state index contributed by atoms with van der Waals surface area (Å²) in [6.45, 7) is 0. The number of nitrogens with one attached hydrogen (secondary N) is 1. The van der Waals surface area contributed by atoms with Gasteiger partial charge in [-0.15, -0.1) is 0 Å². The van der Waals surface area contributed by atoms with Crippen LogP contribution in [0, 0.1) is 16.7 Å². The van der Waals surface area contributed by atoms with Crippen LogP contribution in [-0.4, -0.2) is 23.2 Å². The second kappa shape index (κ2) is 3.82. The highest BCUT2D eigenvalue weighted by molar-refractivity contribution is 5.88. The van der Waals surface area contributed by atoms with Crippen molar-refractivity contribution >= 4 is 5.91 Å². The number of aliphatic hydroxyl groups is 1. The topological polar surface area (TPSA) is 73.1 Å². The molecule has 2 N–H and O–H groups in total. The summed E-state index contributed by atoms with van der Waals surface area (Å²) in [5.74, 6) is -0.184. The van der Waals surface area contributed by atoms with Gasteiger partial charge in [-0.3, -0.25) is 4.79 Å². The lowest BCUT2D eigenvalue weighted by Crippen LogP contribution is -2.47. The fourth-order valence-corrected chi connectivity index (χ4v) is 2.10. The maximum Gasteiger partial charge on any atom is 0.240 e. The van der Waals surface area contributed by atoms with E-state index in [0.717, 1.165) is 25.7 Å². The molecule has 15 heavy (non-hydrogen) atoms. The molecule has 1 amide bonds. The minimum atomic E-state index is -0.767. The predicted octanol–water partition coefficient (Wildman–Crippen LogP) is 0.710. The zero-order chi connectivity index (χ0) is 10.9. The van der Waals surface area contributed by atoms with Crippen molar-refractivity contribution in [3.63, 3.8) is 0 Å². The number of aliphatic hydroxyl groups excluding tert-OH is 1. The van der Waals surface area contributed by atoms with Crippen LogP contribution >= 0.6 is 0 Å². The number of hydrogen-bond donors (Lipinski definition) is 2. The molecule has 4 heteroatoms. The Morgan fingerprint density at radius 2 is 2.07 bits per heavy atom. The van der Waals surface area contributed by atoms with Gasteiger partial charge in [-0.05, 0) is 25.7 Å². The van der Waals surface area contributed by atoms with E-state index in [2.05, 4.69) is 11.4 Å². The number of nitriles is 1. The second-order valence-corrected chi connectivity index (χ2v) is 4.63. The molecule has 0 aliphatic heterocycles. The zero-order valence-corrected chi connectivity index (χ0v) is 8.70. The lowest BCUT2D eigenvalue weighted by atomic mass is 9.92. The molecule has 82 valence electrons. The number of carbonyl (C=O) groups excluding carboxylic acids is 1. The first-order valence-electron chi connectivity index (χ1n) is 5.58. The van der Waals surface area contributed by atoms with Crippen LogP contribution < -0.4 is 5.32 Å². The monoisotopic (exact) mass is 208 g/mol. The number of amides is 1. The molecule has 0 aromatic carbocycles. The average molecular weight is 208 g/mol. The summed E-state index contributed by atoms with van der Waals surface area (Å²) in [5.41, 5.74) is -0.767. The molecule has 4 nitrogen and oxygen atoms in total. The van der Waals surface area contributed by atoms with Crippen LogP contribution in [0.15, 0.2) is 0 Å². The summed E-state index contributed by atoms with van der Waals surface area (Å²) in [6, 6.07) is 1.92. The molecule has 2 fully saturated rings. The molecular formula is C11H16N2O2. The molecule has 0 spiro atoms. The predicted molar refractivity (Wildman–Crippen MR) is 53.7 cm³/mol. The van der Waals surface area contributed by atoms with Crippen molar-refractivity contribution in [1.29, 1.82) is 5.26 Å². The summed E-state index contributed by atoms with van der Waals surface area (Å²) in [4.78, 5) is 11.7. The van der Waals surface area contributed by atoms with Crippen molar-refractivity contribution < 1.29 is 9.90 Å². The van der Waals surface area contributed by atoms with Crippen LogP contribution in [0.25, 0.3) is 0 Å². The van der Waals surface area contributed by atoms with Gasteiger partial charge in [0.2, 0.25) is 5.91 Å². The van der Waals surface area contributed by atoms with Crippen molar-refractivity contribution in [2.75, 3.05) is 0 Å². The average Bonchev–Trinajstić information content (AvgIpc) is 3.02. The number of hydrogen-bond acceptors (Lipinski definition) is 3. The fraction of sp³-hybridized carbons (Fsp3) is 0.818. The van der Waals surface area contributed by atoms with Gasteiger partial charge in [0.1, 0.15) is 5.41 Å². The van der Waals surface area contributed by atoms with E-state index < -0.39 is 11.5 Å². The first-order valence-corrected chi connectivity index (χ1v) is 5.58. The van der Waals surface area contributed by atoms with E-state index in [-0.39, 0.29) is 11.9 Å². The Hall–Kier alpha value is -1.08. The maximum atomic E-state index is 11.7. The van der Waals surface area contributed by atoms with E-state index in [1.165, 1.54) is 0 Å². The number of carbonyl (C=O) groups is 1. The summed E-state index contributed by atoms with van der Waals surface area (Å²) in [5, 5.41) is 21.3. The van der Waals surface area contributed by atoms with Crippen LogP contribution in [0.1, 0.15) is 38.5 Å². The third-order valence-electron chi connectivity index (χ3n) is 3.44. The van der Waals surface area contributed by atoms with Gasteiger partial charge in [0.25, 0.3) is 0 Å². The lowest BCUT2D eigenvalue weighted by molar-refractivity contribution is -0.126. The van der Waals surface area contributed by atoms with Gasteiger partial charge in [0.05, 0.1) is 18.2 Å². The van der Waals surface area contributed by atoms with Gasteiger partial charge in [0, 0.05) is 0 Å². The van der Waals surface area contributed by atoms with Gasteiger partial charge in [0.15, 0.2) is 0 Å². The van der Waals surface area contributed by atoms with Crippen LogP contribution in [-0.2, 0) is 4.79 Å². The minimum absolute atomic E-state index is 0.142. The third kappa shape index (κ3) is 1.98. The number of nitrogens with zero attached hydrogens (tertiary/aromatic N) is 1. The molecule has 2 unspecified atom stereocenters. The molecule has 2 saturated carbocycles. The molecule has 2 atom stereocenters. The molecule has 0 heterocycles. The highest BCUT2D eigenvalue weighted by Crippen LogP contribution is 2.45. The molecule has 2 rings (SSSR count). The number of rotatable bonds is 2. The fourth-order valence-electron chi connectivity index (χ4n) is 2.10. The summed E-state index contributed by atoms with van der Waals surface area (Å²) < 4.78 is 0. The lowest BCUT2D eigenvalue weighted by Gasteiger charge is -2.28. The van der Waals surface area contributed by atoms with Crippen molar-refractivity contribution in [2.45, 2.75) is 50.7 Å². The van der Waals surface area contributed by atoms with Gasteiger partial charge in [-0.25, -0.2) is 0 Å². The Kier molecular flexibility index (Phi) is 2.66. The molecule has 0 radical (unpaired) electrons. The highest BCUT2D eigenvalue weighted by atomic mass is 16.3. The Labute approximate surface area is 89.3 Å². The molecule has 0 bridgehead atoms. The second-order valence-electron chi connectivity index (χ2n) is 4.63. The van der Waals surface area contributed by atoms with Crippen molar-refractivity contribution in [3.8, 4) is 6.07 Å². The standard InChI is InChI=1S/C11H16N2O2/c12-7-11(5-6-11)10(15)13-8-3-1-2-4-9(8)14/h8-9,14H,1-6H2,(H,13,15). The first-order chi connectivity index (χ1) is 7.18. The normalized spacial score (nSPS) is 32.8. The van der Waals surface area contributed by atoms with Crippen LogP contribution in [0.5, 0.6) is 0 Å². The molecule has 0 aromatic rings. The molecule has 0 saturated heterocycles. The maximum absolute atomic E-state index is 11.7. The SMILES string of the molecule is N#CC1(C(=O)NC2CCCCC2O)CC1. The van der Waals surface area contributed by atoms with Gasteiger partial charge >= 0.3 is 0 Å². The van der Waals surface area contributed by atoms with E-state index >= 15 is 0 Å². The van der Waals surface area contributed by atoms with Crippen molar-refractivity contribution in [3.05, 3.63) is 0 Å². The Morgan fingerprint density at radius 1 is 1.40 bits per heavy atom. The molecular weight excluding hydrogens is 192 g/mol. The van der Waals surface area contributed by atoms with Gasteiger partial charge in [-0.1, -0.05) is 12.8 Å². The Balaban J connectivity index is 1.91. The van der Waals surface area contributed by atoms with E-state index in [4.69, 9.17) is 5.26 Å². The minimum Gasteiger partial charge on any atom is -0.391 e. The van der Waals surface area contributed by atoms with Crippen molar-refractivity contribution in [2.24, 2.45) is 5.41 Å². The summed E-state index contributed by atoms with van der Waals surface area (Å²) in [6.07, 6.45) is 4.55. The van der Waals surface area contributed by atoms with E-state index in [9.17, 15) is 9.90 Å². The molecule has 2 aliphatic rings. The highest BCUT2D eigenvalue weighted by Gasteiger charge is 2.51. The van der Waals surface area contributed by atoms with Crippen LogP contribution in [0.4, 0.5) is 0 Å². The van der Waals surface area contributed by atoms with Gasteiger partial charge in [-0.2, -0.15) is 5.26 Å². The Bertz CT molecular complexity index is 304. The summed E-state index contributed by atoms with van der Waals surface area (Å²) in [7, 11) is 0. The zero-order valence-electron chi connectivity index (χ0n) is 8.70. The van der Waals surface area contributed by atoms with E-state index in [1.807, 2.05) is 0 Å². The van der Waals surface area contributed by atoms with Crippen LogP contribution in [0.2, 0.25) is 0 Å². The quantitative estimate of drug-likeness (QED) is 0.702. The molecule has 0 aromatic heterocycles. The first kappa shape index (κ1) is 10.4. The van der Waals surface area contributed by atoms with E-state index in [0.29, 0.717) is 12.8 Å². The van der Waals surface area contributed by atoms with Crippen molar-refractivity contribution in [1.82, 2.24) is 5.32 Å². The molecule has 2 aliphatic carbocycles. The Morgan fingerprint density at radius 3 is 2.60 bits per heavy atom. The van der Waals surface area contributed by atoms with Crippen LogP contribution in [0.3, 0.4) is 0 Å². The smallest absolute Gasteiger partial charge is 0.240 e. The summed E-state index contributed by atoms with van der Waals surface area (Å²) >= 11 is 0. The third-order valence-corrected chi connectivity index (χ3v) is 3.44. The van der Waals surface area contributed by atoms with E-state index in [1.54, 1.807) is 0 Å².